The summed E-state index contributed by atoms with van der Waals surface area (Å²) in [4.78, 5) is 0. The maximum Gasteiger partial charge on any atom is 0.161 e. The van der Waals surface area contributed by atoms with Crippen LogP contribution in [-0.2, 0) is 0 Å². The summed E-state index contributed by atoms with van der Waals surface area (Å²) in [6, 6.07) is 5.91. The van der Waals surface area contributed by atoms with Crippen molar-refractivity contribution in [2.75, 3.05) is 26.9 Å². The van der Waals surface area contributed by atoms with Gasteiger partial charge < -0.3 is 19.9 Å². The van der Waals surface area contributed by atoms with E-state index in [2.05, 4.69) is 12.2 Å². The van der Waals surface area contributed by atoms with Gasteiger partial charge in [0.2, 0.25) is 0 Å². The lowest BCUT2D eigenvalue weighted by molar-refractivity contribution is 0.0837. The van der Waals surface area contributed by atoms with Crippen LogP contribution in [0.1, 0.15) is 31.7 Å². The molecule has 2 rings (SSSR count). The molecule has 1 aliphatic rings. The lowest BCUT2D eigenvalue weighted by Gasteiger charge is -2.33. The van der Waals surface area contributed by atoms with E-state index < -0.39 is 0 Å². The average molecular weight is 293 g/mol. The predicted octanol–water partition coefficient (Wildman–Crippen LogP) is 2.52. The summed E-state index contributed by atoms with van der Waals surface area (Å²) in [5.74, 6) is 1.98. The number of aliphatic hydroxyl groups is 1. The molecule has 4 nitrogen and oxygen atoms in total. The number of methoxy groups -OCH3 is 1. The van der Waals surface area contributed by atoms with E-state index in [1.807, 2.05) is 25.1 Å². The fourth-order valence-corrected chi connectivity index (χ4v) is 2.65. The molecule has 1 aromatic rings. The average Bonchev–Trinajstić information content (AvgIpc) is 3.34. The van der Waals surface area contributed by atoms with Gasteiger partial charge >= 0.3 is 0 Å². The topological polar surface area (TPSA) is 50.7 Å². The summed E-state index contributed by atoms with van der Waals surface area (Å²) in [7, 11) is 1.65. The number of hydrogen-bond donors (Lipinski definition) is 2. The van der Waals surface area contributed by atoms with Crippen LogP contribution in [0.3, 0.4) is 0 Å². The first-order valence-electron chi connectivity index (χ1n) is 7.78. The van der Waals surface area contributed by atoms with Gasteiger partial charge in [0, 0.05) is 0 Å². The van der Waals surface area contributed by atoms with Crippen molar-refractivity contribution in [3.63, 3.8) is 0 Å². The lowest BCUT2D eigenvalue weighted by Crippen LogP contribution is -2.55. The van der Waals surface area contributed by atoms with E-state index in [4.69, 9.17) is 9.47 Å². The third-order valence-corrected chi connectivity index (χ3v) is 4.17. The highest BCUT2D eigenvalue weighted by Gasteiger charge is 2.45. The molecule has 118 valence electrons. The Morgan fingerprint density at radius 2 is 2.10 bits per heavy atom. The summed E-state index contributed by atoms with van der Waals surface area (Å²) in [6.45, 7) is 5.62. The molecule has 2 N–H and O–H groups in total. The Morgan fingerprint density at radius 3 is 2.67 bits per heavy atom. The van der Waals surface area contributed by atoms with Crippen LogP contribution in [0, 0.1) is 12.8 Å². The summed E-state index contributed by atoms with van der Waals surface area (Å²) in [6.07, 6.45) is 3.36. The molecule has 0 aliphatic heterocycles. The largest absolute Gasteiger partial charge is 0.493 e. The number of ether oxygens (including phenoxy) is 2. The molecule has 0 radical (unpaired) electrons. The van der Waals surface area contributed by atoms with E-state index in [0.717, 1.165) is 42.9 Å². The first-order valence-corrected chi connectivity index (χ1v) is 7.78. The lowest BCUT2D eigenvalue weighted by atomic mass is 9.95. The zero-order valence-electron chi connectivity index (χ0n) is 13.3. The number of benzene rings is 1. The molecule has 1 saturated carbocycles. The van der Waals surface area contributed by atoms with Gasteiger partial charge in [-0.25, -0.2) is 0 Å². The van der Waals surface area contributed by atoms with Crippen molar-refractivity contribution in [3.05, 3.63) is 23.8 Å². The zero-order valence-corrected chi connectivity index (χ0v) is 13.3. The Morgan fingerprint density at radius 1 is 1.33 bits per heavy atom. The molecule has 0 heterocycles. The Bertz CT molecular complexity index is 459. The summed E-state index contributed by atoms with van der Waals surface area (Å²) < 4.78 is 11.4. The number of aliphatic hydroxyl groups excluding tert-OH is 1. The summed E-state index contributed by atoms with van der Waals surface area (Å²) in [5.41, 5.74) is 0.810. The highest BCUT2D eigenvalue weighted by Crippen LogP contribution is 2.40. The molecule has 1 atom stereocenters. The van der Waals surface area contributed by atoms with Gasteiger partial charge in [-0.15, -0.1) is 0 Å². The van der Waals surface area contributed by atoms with Gasteiger partial charge in [-0.3, -0.25) is 0 Å². The van der Waals surface area contributed by atoms with Gasteiger partial charge in [0.1, 0.15) is 6.61 Å². The van der Waals surface area contributed by atoms with Gasteiger partial charge in [0.05, 0.1) is 19.3 Å². The fourth-order valence-electron chi connectivity index (χ4n) is 2.65. The van der Waals surface area contributed by atoms with Crippen molar-refractivity contribution >= 4 is 0 Å². The number of hydrogen-bond acceptors (Lipinski definition) is 4. The van der Waals surface area contributed by atoms with E-state index in [-0.39, 0.29) is 12.1 Å². The van der Waals surface area contributed by atoms with Crippen molar-refractivity contribution in [2.45, 2.75) is 38.6 Å². The molecular weight excluding hydrogens is 266 g/mol. The van der Waals surface area contributed by atoms with E-state index in [1.54, 1.807) is 7.11 Å². The van der Waals surface area contributed by atoms with Crippen molar-refractivity contribution in [2.24, 2.45) is 5.92 Å². The minimum Gasteiger partial charge on any atom is -0.493 e. The van der Waals surface area contributed by atoms with Gasteiger partial charge in [-0.05, 0) is 56.3 Å². The van der Waals surface area contributed by atoms with Gasteiger partial charge in [-0.2, -0.15) is 0 Å². The van der Waals surface area contributed by atoms with E-state index in [9.17, 15) is 5.11 Å². The molecule has 21 heavy (non-hydrogen) atoms. The van der Waals surface area contributed by atoms with E-state index in [1.165, 1.54) is 0 Å². The van der Waals surface area contributed by atoms with Crippen LogP contribution in [0.4, 0.5) is 0 Å². The highest BCUT2D eigenvalue weighted by molar-refractivity contribution is 5.42. The third kappa shape index (κ3) is 3.89. The molecule has 0 spiro atoms. The molecule has 0 bridgehead atoms. The molecule has 1 aliphatic carbocycles. The normalized spacial score (nSPS) is 17.3. The number of nitrogens with one attached hydrogen (secondary N) is 1. The van der Waals surface area contributed by atoms with E-state index >= 15 is 0 Å². The smallest absolute Gasteiger partial charge is 0.161 e. The Hall–Kier alpha value is -1.26. The third-order valence-electron chi connectivity index (χ3n) is 4.17. The monoisotopic (exact) mass is 293 g/mol. The van der Waals surface area contributed by atoms with Crippen LogP contribution in [0.15, 0.2) is 18.2 Å². The minimum absolute atomic E-state index is 0.103. The van der Waals surface area contributed by atoms with Crippen molar-refractivity contribution in [1.82, 2.24) is 5.32 Å². The molecule has 1 aromatic carbocycles. The van der Waals surface area contributed by atoms with Crippen LogP contribution in [0.5, 0.6) is 11.5 Å². The van der Waals surface area contributed by atoms with Crippen LogP contribution >= 0.6 is 0 Å². The molecule has 4 heteroatoms. The molecule has 1 fully saturated rings. The van der Waals surface area contributed by atoms with Crippen molar-refractivity contribution in [1.29, 1.82) is 0 Å². The standard InChI is InChI=1S/C17H27NO3/c1-4-9-18-17(11-19,14-6-7-14)12-21-15-8-5-13(2)10-16(15)20-3/h5,8,10,14,18-19H,4,6-7,9,11-12H2,1-3H3. The number of rotatable bonds is 9. The minimum atomic E-state index is -0.327. The number of aryl methyl sites for hydroxylation is 1. The highest BCUT2D eigenvalue weighted by atomic mass is 16.5. The molecule has 0 aromatic heterocycles. The molecular formula is C17H27NO3. The van der Waals surface area contributed by atoms with Crippen LogP contribution in [-0.4, -0.2) is 37.5 Å². The maximum absolute atomic E-state index is 9.89. The van der Waals surface area contributed by atoms with Gasteiger partial charge in [0.25, 0.3) is 0 Å². The van der Waals surface area contributed by atoms with Crippen LogP contribution in [0.2, 0.25) is 0 Å². The molecule has 0 saturated heterocycles. The van der Waals surface area contributed by atoms with E-state index in [0.29, 0.717) is 12.5 Å². The summed E-state index contributed by atoms with van der Waals surface area (Å²) in [5, 5.41) is 13.4. The maximum atomic E-state index is 9.89. The fraction of sp³-hybridized carbons (Fsp3) is 0.647. The van der Waals surface area contributed by atoms with Crippen molar-refractivity contribution in [3.8, 4) is 11.5 Å². The first kappa shape index (κ1) is 16.1. The van der Waals surface area contributed by atoms with Crippen LogP contribution in [0.25, 0.3) is 0 Å². The van der Waals surface area contributed by atoms with Gasteiger partial charge in [-0.1, -0.05) is 13.0 Å². The predicted molar refractivity (Wildman–Crippen MR) is 84.1 cm³/mol. The Kier molecular flexibility index (Phi) is 5.48. The zero-order chi connectivity index (χ0) is 15.3. The second-order valence-corrected chi connectivity index (χ2v) is 5.96. The Balaban J connectivity index is 2.07. The first-order chi connectivity index (χ1) is 10.1. The SMILES string of the molecule is CCCNC(CO)(COc1ccc(C)cc1OC)C1CC1. The second-order valence-electron chi connectivity index (χ2n) is 5.96. The quantitative estimate of drug-likeness (QED) is 0.734. The Labute approximate surface area is 127 Å². The van der Waals surface area contributed by atoms with Gasteiger partial charge in [0.15, 0.2) is 11.5 Å². The molecule has 1 unspecified atom stereocenters. The summed E-state index contributed by atoms with van der Waals surface area (Å²) >= 11 is 0. The molecule has 0 amide bonds. The van der Waals surface area contributed by atoms with Crippen LogP contribution < -0.4 is 14.8 Å². The van der Waals surface area contributed by atoms with Crippen molar-refractivity contribution < 1.29 is 14.6 Å². The second kappa shape index (κ2) is 7.14.